The molecule has 0 bridgehead atoms. The Hall–Kier alpha value is -2.82. The summed E-state index contributed by atoms with van der Waals surface area (Å²) >= 11 is 12.1. The third-order valence-electron chi connectivity index (χ3n) is 3.94. The van der Waals surface area contributed by atoms with Gasteiger partial charge in [-0.3, -0.25) is 0 Å². The molecule has 0 fully saturated rings. The van der Waals surface area contributed by atoms with Crippen LogP contribution in [-0.4, -0.2) is 10.1 Å². The molecule has 0 saturated heterocycles. The first-order valence-corrected chi connectivity index (χ1v) is 9.01. The normalized spacial score (nSPS) is 10.7. The molecule has 0 N–H and O–H groups in total. The lowest BCUT2D eigenvalue weighted by molar-refractivity contribution is 0.306. The van der Waals surface area contributed by atoms with Crippen molar-refractivity contribution in [3.63, 3.8) is 0 Å². The van der Waals surface area contributed by atoms with Crippen molar-refractivity contribution in [3.8, 4) is 28.6 Å². The lowest BCUT2D eigenvalue weighted by Gasteiger charge is -2.09. The highest BCUT2D eigenvalue weighted by Crippen LogP contribution is 2.33. The third kappa shape index (κ3) is 4.13. The summed E-state index contributed by atoms with van der Waals surface area (Å²) in [4.78, 5) is 4.48. The van der Waals surface area contributed by atoms with Crippen molar-refractivity contribution >= 4 is 23.2 Å². The largest absolute Gasteiger partial charge is 0.488 e. The quantitative estimate of drug-likeness (QED) is 0.397. The van der Waals surface area contributed by atoms with Gasteiger partial charge in [0.1, 0.15) is 12.4 Å². The molecule has 0 radical (unpaired) electrons. The summed E-state index contributed by atoms with van der Waals surface area (Å²) in [5.74, 6) is 1.43. The van der Waals surface area contributed by atoms with Crippen LogP contribution in [-0.2, 0) is 6.61 Å². The Morgan fingerprint density at radius 2 is 1.59 bits per heavy atom. The molecular weight excluding hydrogens is 383 g/mol. The zero-order valence-electron chi connectivity index (χ0n) is 14.1. The smallest absolute Gasteiger partial charge is 0.262 e. The van der Waals surface area contributed by atoms with Crippen LogP contribution in [0.3, 0.4) is 0 Å². The fourth-order valence-electron chi connectivity index (χ4n) is 2.58. The summed E-state index contributed by atoms with van der Waals surface area (Å²) in [6, 6.07) is 22.5. The van der Waals surface area contributed by atoms with Gasteiger partial charge in [-0.1, -0.05) is 58.7 Å². The Balaban J connectivity index is 1.63. The zero-order valence-corrected chi connectivity index (χ0v) is 15.6. The second-order valence-corrected chi connectivity index (χ2v) is 6.72. The number of halogens is 2. The van der Waals surface area contributed by atoms with E-state index in [0.717, 1.165) is 11.1 Å². The van der Waals surface area contributed by atoms with E-state index in [1.807, 2.05) is 42.5 Å². The van der Waals surface area contributed by atoms with Crippen LogP contribution in [0.5, 0.6) is 5.75 Å². The third-order valence-corrected chi connectivity index (χ3v) is 4.42. The molecule has 0 amide bonds. The average Bonchev–Trinajstić information content (AvgIpc) is 3.18. The maximum atomic E-state index is 6.17. The zero-order chi connectivity index (χ0) is 18.6. The minimum absolute atomic E-state index is 0.338. The Morgan fingerprint density at radius 3 is 2.37 bits per heavy atom. The number of aromatic nitrogens is 2. The highest BCUT2D eigenvalue weighted by molar-refractivity contribution is 6.31. The Morgan fingerprint density at radius 1 is 0.852 bits per heavy atom. The number of nitrogens with zero attached hydrogens (tertiary/aromatic N) is 2. The van der Waals surface area contributed by atoms with Gasteiger partial charge in [0.05, 0.1) is 5.56 Å². The van der Waals surface area contributed by atoms with Crippen molar-refractivity contribution in [2.45, 2.75) is 6.61 Å². The van der Waals surface area contributed by atoms with Gasteiger partial charge in [-0.25, -0.2) is 0 Å². The molecule has 4 nitrogen and oxygen atoms in total. The number of rotatable bonds is 5. The van der Waals surface area contributed by atoms with Crippen LogP contribution in [0.2, 0.25) is 10.0 Å². The van der Waals surface area contributed by atoms with Gasteiger partial charge in [0.15, 0.2) is 0 Å². The lowest BCUT2D eigenvalue weighted by atomic mass is 10.2. The summed E-state index contributed by atoms with van der Waals surface area (Å²) in [5.41, 5.74) is 2.51. The summed E-state index contributed by atoms with van der Waals surface area (Å²) < 4.78 is 11.4. The van der Waals surface area contributed by atoms with E-state index in [4.69, 9.17) is 32.5 Å². The predicted molar refractivity (Wildman–Crippen MR) is 106 cm³/mol. The molecule has 0 aliphatic carbocycles. The van der Waals surface area contributed by atoms with E-state index in [1.165, 1.54) is 0 Å². The minimum atomic E-state index is 0.338. The van der Waals surface area contributed by atoms with Gasteiger partial charge in [-0.2, -0.15) is 4.98 Å². The van der Waals surface area contributed by atoms with E-state index < -0.39 is 0 Å². The van der Waals surface area contributed by atoms with E-state index in [2.05, 4.69) is 10.1 Å². The lowest BCUT2D eigenvalue weighted by Crippen LogP contribution is -1.97. The minimum Gasteiger partial charge on any atom is -0.488 e. The highest BCUT2D eigenvalue weighted by Gasteiger charge is 2.16. The van der Waals surface area contributed by atoms with Crippen LogP contribution in [0, 0.1) is 0 Å². The van der Waals surface area contributed by atoms with E-state index >= 15 is 0 Å². The SMILES string of the molecule is Clc1ccc(-c2noc(-c3cc(Cl)ccc3OCc3ccccc3)n2)cc1. The average molecular weight is 397 g/mol. The summed E-state index contributed by atoms with van der Waals surface area (Å²) in [6.45, 7) is 0.424. The van der Waals surface area contributed by atoms with E-state index in [-0.39, 0.29) is 0 Å². The van der Waals surface area contributed by atoms with Crippen LogP contribution in [0.4, 0.5) is 0 Å². The second-order valence-electron chi connectivity index (χ2n) is 5.84. The topological polar surface area (TPSA) is 48.2 Å². The molecule has 3 aromatic carbocycles. The van der Waals surface area contributed by atoms with E-state index in [1.54, 1.807) is 30.3 Å². The maximum absolute atomic E-state index is 6.17. The molecule has 4 rings (SSSR count). The van der Waals surface area contributed by atoms with Gasteiger partial charge < -0.3 is 9.26 Å². The first-order chi connectivity index (χ1) is 13.2. The summed E-state index contributed by atoms with van der Waals surface area (Å²) in [6.07, 6.45) is 0. The van der Waals surface area contributed by atoms with Gasteiger partial charge in [0.2, 0.25) is 5.82 Å². The maximum Gasteiger partial charge on any atom is 0.262 e. The van der Waals surface area contributed by atoms with Crippen LogP contribution in [0.25, 0.3) is 22.8 Å². The van der Waals surface area contributed by atoms with Crippen molar-refractivity contribution in [3.05, 3.63) is 88.4 Å². The van der Waals surface area contributed by atoms with Crippen molar-refractivity contribution in [2.24, 2.45) is 0 Å². The molecule has 4 aromatic rings. The molecule has 0 aliphatic heterocycles. The molecule has 6 heteroatoms. The fraction of sp³-hybridized carbons (Fsp3) is 0.0476. The molecule has 0 saturated carbocycles. The Bertz CT molecular complexity index is 1050. The fourth-order valence-corrected chi connectivity index (χ4v) is 2.88. The molecule has 1 aromatic heterocycles. The van der Waals surface area contributed by atoms with Crippen LogP contribution < -0.4 is 4.74 Å². The van der Waals surface area contributed by atoms with Gasteiger partial charge in [-0.15, -0.1) is 0 Å². The monoisotopic (exact) mass is 396 g/mol. The van der Waals surface area contributed by atoms with Gasteiger partial charge >= 0.3 is 0 Å². The summed E-state index contributed by atoms with van der Waals surface area (Å²) in [5, 5.41) is 5.26. The molecule has 0 aliphatic rings. The Kier molecular flexibility index (Phi) is 5.10. The summed E-state index contributed by atoms with van der Waals surface area (Å²) in [7, 11) is 0. The molecule has 0 spiro atoms. The molecule has 27 heavy (non-hydrogen) atoms. The first kappa shape index (κ1) is 17.6. The van der Waals surface area contributed by atoms with Crippen LogP contribution >= 0.6 is 23.2 Å². The number of hydrogen-bond acceptors (Lipinski definition) is 4. The highest BCUT2D eigenvalue weighted by atomic mass is 35.5. The van der Waals surface area contributed by atoms with Crippen LogP contribution in [0.15, 0.2) is 77.3 Å². The standard InChI is InChI=1S/C21H14Cl2N2O2/c22-16-8-6-15(7-9-16)20-24-21(27-25-20)18-12-17(23)10-11-19(18)26-13-14-4-2-1-3-5-14/h1-12H,13H2. The number of ether oxygens (including phenoxy) is 1. The van der Waals surface area contributed by atoms with Crippen molar-refractivity contribution < 1.29 is 9.26 Å². The number of benzene rings is 3. The van der Waals surface area contributed by atoms with E-state index in [9.17, 15) is 0 Å². The van der Waals surface area contributed by atoms with Gasteiger partial charge in [0.25, 0.3) is 5.89 Å². The van der Waals surface area contributed by atoms with Gasteiger partial charge in [-0.05, 0) is 48.0 Å². The molecule has 134 valence electrons. The van der Waals surface area contributed by atoms with E-state index in [0.29, 0.717) is 39.7 Å². The Labute approximate surface area is 166 Å². The molecule has 0 atom stereocenters. The number of hydrogen-bond donors (Lipinski definition) is 0. The molecular formula is C21H14Cl2N2O2. The molecule has 1 heterocycles. The predicted octanol–water partition coefficient (Wildman–Crippen LogP) is 6.29. The van der Waals surface area contributed by atoms with Gasteiger partial charge in [0, 0.05) is 15.6 Å². The van der Waals surface area contributed by atoms with Crippen molar-refractivity contribution in [2.75, 3.05) is 0 Å². The van der Waals surface area contributed by atoms with Crippen molar-refractivity contribution in [1.82, 2.24) is 10.1 Å². The molecule has 0 unspecified atom stereocenters. The first-order valence-electron chi connectivity index (χ1n) is 8.25. The second kappa shape index (κ2) is 7.82. The van der Waals surface area contributed by atoms with Crippen LogP contribution in [0.1, 0.15) is 5.56 Å². The van der Waals surface area contributed by atoms with Crippen molar-refractivity contribution in [1.29, 1.82) is 0 Å².